The zero-order chi connectivity index (χ0) is 15.1. The molecule has 0 aromatic carbocycles. The molecule has 1 aromatic heterocycles. The molecule has 21 heavy (non-hydrogen) atoms. The van der Waals surface area contributed by atoms with Gasteiger partial charge in [0.15, 0.2) is 10.8 Å². The Morgan fingerprint density at radius 3 is 2.86 bits per heavy atom. The second-order valence-corrected chi connectivity index (χ2v) is 6.09. The van der Waals surface area contributed by atoms with Crippen LogP contribution < -0.4 is 11.2 Å². The molecule has 3 rings (SSSR count). The summed E-state index contributed by atoms with van der Waals surface area (Å²) in [6.07, 6.45) is 6.16. The van der Waals surface area contributed by atoms with E-state index in [1.807, 2.05) is 0 Å². The highest BCUT2D eigenvalue weighted by atomic mass is 35.5. The lowest BCUT2D eigenvalue weighted by Gasteiger charge is -2.31. The molecule has 5 nitrogen and oxygen atoms in total. The van der Waals surface area contributed by atoms with Crippen LogP contribution >= 0.6 is 34.8 Å². The Balaban J connectivity index is 1.76. The Bertz CT molecular complexity index is 686. The number of pyridine rings is 1. The van der Waals surface area contributed by atoms with Crippen molar-refractivity contribution < 1.29 is 4.79 Å². The Labute approximate surface area is 136 Å². The molecule has 1 saturated carbocycles. The molecular weight excluding hydrogens is 335 g/mol. The van der Waals surface area contributed by atoms with Crippen LogP contribution in [0.25, 0.3) is 0 Å². The summed E-state index contributed by atoms with van der Waals surface area (Å²) in [7, 11) is 0. The van der Waals surface area contributed by atoms with Crippen LogP contribution in [-0.4, -0.2) is 16.6 Å². The molecule has 0 unspecified atom stereocenters. The summed E-state index contributed by atoms with van der Waals surface area (Å²) in [5.74, 6) is 0.405. The van der Waals surface area contributed by atoms with Crippen molar-refractivity contribution in [2.45, 2.75) is 12.8 Å². The number of nitrogens with two attached hydrogens (primary N) is 1. The van der Waals surface area contributed by atoms with Gasteiger partial charge in [0, 0.05) is 11.6 Å². The molecule has 3 N–H and O–H groups in total. The summed E-state index contributed by atoms with van der Waals surface area (Å²) in [6.45, 7) is 0. The first kappa shape index (κ1) is 14.6. The zero-order valence-electron chi connectivity index (χ0n) is 10.7. The van der Waals surface area contributed by atoms with Crippen LogP contribution in [0.5, 0.6) is 0 Å². The summed E-state index contributed by atoms with van der Waals surface area (Å²) in [6, 6.07) is 0. The number of carbonyl (C=O) groups excluding carboxylic acids is 1. The molecule has 8 heteroatoms. The van der Waals surface area contributed by atoms with E-state index in [-0.39, 0.29) is 26.6 Å². The Morgan fingerprint density at radius 2 is 2.14 bits per heavy atom. The standard InChI is InChI=1S/C13H11Cl3N4O/c14-8-10(17)9(15)12(16)18-11(8)13(21)20-19-7-4-5-2-1-3-6(5)7/h1-2,5-6H,3-4H2,(H2,17,18)(H,20,21)/b19-7-/t5-,6-/m1/s1. The van der Waals surface area contributed by atoms with Crippen molar-refractivity contribution in [3.63, 3.8) is 0 Å². The fourth-order valence-electron chi connectivity index (χ4n) is 2.52. The number of nitrogen functional groups attached to an aromatic ring is 1. The number of fused-ring (bicyclic) bond motifs is 1. The number of nitrogens with zero attached hydrogens (tertiary/aromatic N) is 2. The topological polar surface area (TPSA) is 80.4 Å². The fraction of sp³-hybridized carbons (Fsp3) is 0.308. The van der Waals surface area contributed by atoms with Gasteiger partial charge in [0.05, 0.1) is 10.7 Å². The van der Waals surface area contributed by atoms with E-state index in [1.54, 1.807) is 0 Å². The molecule has 0 aliphatic heterocycles. The maximum Gasteiger partial charge on any atom is 0.291 e. The third-order valence-corrected chi connectivity index (χ3v) is 4.89. The molecule has 0 bridgehead atoms. The van der Waals surface area contributed by atoms with Gasteiger partial charge in [-0.05, 0) is 18.8 Å². The van der Waals surface area contributed by atoms with Gasteiger partial charge in [-0.1, -0.05) is 47.0 Å². The van der Waals surface area contributed by atoms with E-state index >= 15 is 0 Å². The van der Waals surface area contributed by atoms with E-state index in [9.17, 15) is 4.79 Å². The third-order valence-electron chi connectivity index (χ3n) is 3.75. The number of allylic oxidation sites excluding steroid dienone is 2. The number of carbonyl (C=O) groups is 1. The second-order valence-electron chi connectivity index (χ2n) is 4.98. The number of hydrogen-bond acceptors (Lipinski definition) is 4. The lowest BCUT2D eigenvalue weighted by atomic mass is 9.74. The first-order valence-corrected chi connectivity index (χ1v) is 7.46. The highest BCUT2D eigenvalue weighted by Crippen LogP contribution is 2.40. The lowest BCUT2D eigenvalue weighted by molar-refractivity contribution is 0.0949. The normalized spacial score (nSPS) is 24.8. The Hall–Kier alpha value is -1.30. The van der Waals surface area contributed by atoms with Gasteiger partial charge in [0.2, 0.25) is 0 Å². The second kappa shape index (κ2) is 5.48. The molecule has 0 saturated heterocycles. The van der Waals surface area contributed by atoms with Crippen molar-refractivity contribution in [3.05, 3.63) is 33.0 Å². The van der Waals surface area contributed by atoms with E-state index < -0.39 is 5.91 Å². The summed E-state index contributed by atoms with van der Waals surface area (Å²) in [5, 5.41) is 4.06. The van der Waals surface area contributed by atoms with Crippen LogP contribution in [-0.2, 0) is 0 Å². The van der Waals surface area contributed by atoms with Gasteiger partial charge in [-0.15, -0.1) is 0 Å². The Morgan fingerprint density at radius 1 is 1.38 bits per heavy atom. The summed E-state index contributed by atoms with van der Waals surface area (Å²) < 4.78 is 0. The maximum absolute atomic E-state index is 12.1. The van der Waals surface area contributed by atoms with Gasteiger partial charge in [0.1, 0.15) is 5.02 Å². The Kier molecular flexibility index (Phi) is 3.82. The highest BCUT2D eigenvalue weighted by molar-refractivity contribution is 6.46. The largest absolute Gasteiger partial charge is 0.396 e. The number of rotatable bonds is 2. The number of hydrogen-bond donors (Lipinski definition) is 2. The molecular formula is C13H11Cl3N4O. The van der Waals surface area contributed by atoms with Crippen LogP contribution in [0.15, 0.2) is 17.3 Å². The van der Waals surface area contributed by atoms with Crippen LogP contribution in [0, 0.1) is 11.8 Å². The first-order chi connectivity index (χ1) is 9.99. The number of hydrazone groups is 1. The minimum atomic E-state index is -0.563. The van der Waals surface area contributed by atoms with Crippen LogP contribution in [0.3, 0.4) is 0 Å². The van der Waals surface area contributed by atoms with Crippen molar-refractivity contribution in [3.8, 4) is 0 Å². The van der Waals surface area contributed by atoms with Crippen molar-refractivity contribution >= 4 is 52.1 Å². The molecule has 1 aromatic rings. The average Bonchev–Trinajstić information content (AvgIpc) is 2.82. The fourth-order valence-corrected chi connectivity index (χ4v) is 3.11. The molecule has 1 amide bonds. The predicted molar refractivity (Wildman–Crippen MR) is 83.9 cm³/mol. The minimum absolute atomic E-state index is 0.0276. The van der Waals surface area contributed by atoms with Crippen molar-refractivity contribution in [2.24, 2.45) is 16.9 Å². The molecule has 2 aliphatic rings. The van der Waals surface area contributed by atoms with Crippen molar-refractivity contribution in [1.82, 2.24) is 10.4 Å². The molecule has 0 radical (unpaired) electrons. The van der Waals surface area contributed by atoms with E-state index in [2.05, 4.69) is 27.7 Å². The summed E-state index contributed by atoms with van der Waals surface area (Å²) >= 11 is 17.6. The number of amides is 1. The first-order valence-electron chi connectivity index (χ1n) is 6.32. The molecule has 110 valence electrons. The number of nitrogens with one attached hydrogen (secondary N) is 1. The molecule has 1 heterocycles. The van der Waals surface area contributed by atoms with E-state index in [0.29, 0.717) is 11.8 Å². The van der Waals surface area contributed by atoms with E-state index in [1.165, 1.54) is 0 Å². The molecule has 2 aliphatic carbocycles. The van der Waals surface area contributed by atoms with Gasteiger partial charge in [-0.25, -0.2) is 10.4 Å². The van der Waals surface area contributed by atoms with Crippen LogP contribution in [0.4, 0.5) is 5.69 Å². The minimum Gasteiger partial charge on any atom is -0.396 e. The summed E-state index contributed by atoms with van der Waals surface area (Å²) in [4.78, 5) is 15.9. The van der Waals surface area contributed by atoms with Gasteiger partial charge in [-0.2, -0.15) is 5.10 Å². The van der Waals surface area contributed by atoms with Gasteiger partial charge < -0.3 is 5.73 Å². The lowest BCUT2D eigenvalue weighted by Crippen LogP contribution is -2.35. The van der Waals surface area contributed by atoms with Crippen molar-refractivity contribution in [2.75, 3.05) is 5.73 Å². The summed E-state index contributed by atoms with van der Waals surface area (Å²) in [5.41, 5.74) is 9.03. The number of halogens is 3. The SMILES string of the molecule is Nc1c(Cl)c(Cl)nc(C(=O)N/N=C2/C[C@H]3C=CC[C@@H]23)c1Cl. The smallest absolute Gasteiger partial charge is 0.291 e. The third kappa shape index (κ3) is 2.50. The van der Waals surface area contributed by atoms with Gasteiger partial charge in [-0.3, -0.25) is 4.79 Å². The molecule has 0 spiro atoms. The van der Waals surface area contributed by atoms with Gasteiger partial charge in [0.25, 0.3) is 5.91 Å². The van der Waals surface area contributed by atoms with Crippen LogP contribution in [0.2, 0.25) is 15.2 Å². The quantitative estimate of drug-likeness (QED) is 0.490. The zero-order valence-corrected chi connectivity index (χ0v) is 13.0. The van der Waals surface area contributed by atoms with E-state index in [4.69, 9.17) is 40.5 Å². The maximum atomic E-state index is 12.1. The van der Waals surface area contributed by atoms with Crippen molar-refractivity contribution in [1.29, 1.82) is 0 Å². The van der Waals surface area contributed by atoms with E-state index in [0.717, 1.165) is 18.6 Å². The monoisotopic (exact) mass is 344 g/mol. The van der Waals surface area contributed by atoms with Crippen LogP contribution in [0.1, 0.15) is 23.3 Å². The number of aromatic nitrogens is 1. The highest BCUT2D eigenvalue weighted by Gasteiger charge is 2.38. The molecule has 1 fully saturated rings. The molecule has 2 atom stereocenters. The predicted octanol–water partition coefficient (Wildman–Crippen LogP) is 3.31. The average molecular weight is 346 g/mol. The van der Waals surface area contributed by atoms with Gasteiger partial charge >= 0.3 is 0 Å². The number of anilines is 1.